The number of hydrogen-bond acceptors (Lipinski definition) is 4. The summed E-state index contributed by atoms with van der Waals surface area (Å²) < 4.78 is 45.0. The molecule has 1 N–H and O–H groups in total. The summed E-state index contributed by atoms with van der Waals surface area (Å²) in [5.41, 5.74) is 0.302. The number of anilines is 1. The lowest BCUT2D eigenvalue weighted by Gasteiger charge is -2.24. The van der Waals surface area contributed by atoms with Gasteiger partial charge < -0.3 is 10.1 Å². The number of halogens is 1. The second-order valence-corrected chi connectivity index (χ2v) is 6.98. The van der Waals surface area contributed by atoms with Gasteiger partial charge in [0, 0.05) is 6.54 Å². The number of nitrogens with one attached hydrogen (secondary N) is 1. The molecule has 134 valence electrons. The predicted octanol–water partition coefficient (Wildman–Crippen LogP) is 2.17. The molecule has 0 heterocycles. The van der Waals surface area contributed by atoms with Gasteiger partial charge in [-0.15, -0.1) is 0 Å². The third-order valence-electron chi connectivity index (χ3n) is 3.42. The van der Waals surface area contributed by atoms with Crippen LogP contribution >= 0.6 is 0 Å². The van der Waals surface area contributed by atoms with E-state index in [1.807, 2.05) is 0 Å². The first-order valence-electron chi connectivity index (χ1n) is 7.57. The van der Waals surface area contributed by atoms with Crippen molar-refractivity contribution < 1.29 is 22.3 Å². The maximum Gasteiger partial charge on any atom is 0.264 e. The Morgan fingerprint density at radius 2 is 1.72 bits per heavy atom. The van der Waals surface area contributed by atoms with Crippen LogP contribution < -0.4 is 14.4 Å². The Morgan fingerprint density at radius 1 is 1.12 bits per heavy atom. The van der Waals surface area contributed by atoms with Gasteiger partial charge in [-0.05, 0) is 55.5 Å². The highest BCUT2D eigenvalue weighted by Gasteiger charge is 2.27. The van der Waals surface area contributed by atoms with E-state index in [4.69, 9.17) is 4.74 Å². The molecule has 0 saturated heterocycles. The molecule has 1 amide bonds. The lowest BCUT2D eigenvalue weighted by molar-refractivity contribution is -0.119. The van der Waals surface area contributed by atoms with Crippen LogP contribution in [-0.4, -0.2) is 34.5 Å². The van der Waals surface area contributed by atoms with Gasteiger partial charge in [-0.2, -0.15) is 0 Å². The van der Waals surface area contributed by atoms with Gasteiger partial charge in [0.1, 0.15) is 18.1 Å². The molecule has 0 aliphatic carbocycles. The lowest BCUT2D eigenvalue weighted by Crippen LogP contribution is -2.40. The molecule has 25 heavy (non-hydrogen) atoms. The minimum absolute atomic E-state index is 0.103. The number of ether oxygens (including phenoxy) is 1. The van der Waals surface area contributed by atoms with Crippen LogP contribution in [0, 0.1) is 5.82 Å². The topological polar surface area (TPSA) is 75.7 Å². The third-order valence-corrected chi connectivity index (χ3v) is 5.21. The van der Waals surface area contributed by atoms with Crippen LogP contribution in [0.15, 0.2) is 53.4 Å². The molecule has 0 radical (unpaired) electrons. The van der Waals surface area contributed by atoms with Crippen LogP contribution in [0.1, 0.15) is 6.92 Å². The van der Waals surface area contributed by atoms with Crippen molar-refractivity contribution in [2.24, 2.45) is 0 Å². The molecule has 2 rings (SSSR count). The molecule has 0 saturated carbocycles. The van der Waals surface area contributed by atoms with Crippen LogP contribution in [-0.2, 0) is 14.8 Å². The predicted molar refractivity (Wildman–Crippen MR) is 92.6 cm³/mol. The van der Waals surface area contributed by atoms with Crippen molar-refractivity contribution >= 4 is 21.6 Å². The number of rotatable bonds is 7. The van der Waals surface area contributed by atoms with Crippen molar-refractivity contribution in [1.29, 1.82) is 0 Å². The Bertz CT molecular complexity index is 821. The van der Waals surface area contributed by atoms with Crippen molar-refractivity contribution in [3.63, 3.8) is 0 Å². The minimum atomic E-state index is -4.04. The number of carbonyl (C=O) groups excluding carboxylic acids is 1. The lowest BCUT2D eigenvalue weighted by atomic mass is 10.3. The van der Waals surface area contributed by atoms with Crippen molar-refractivity contribution in [3.05, 3.63) is 54.3 Å². The first kappa shape index (κ1) is 18.7. The molecule has 6 nitrogen and oxygen atoms in total. The van der Waals surface area contributed by atoms with E-state index in [-0.39, 0.29) is 11.4 Å². The number of likely N-dealkylation sites (N-methyl/N-ethyl adjacent to an activating group) is 1. The molecule has 0 spiro atoms. The standard InChI is InChI=1S/C17H19FN2O4S/c1-3-19-17(21)12-20(14-6-8-15(24-2)9-7-14)25(22,23)16-10-4-13(18)5-11-16/h4-11H,3,12H2,1-2H3,(H,19,21). The van der Waals surface area contributed by atoms with E-state index in [1.54, 1.807) is 31.2 Å². The van der Waals surface area contributed by atoms with E-state index in [0.717, 1.165) is 16.4 Å². The molecule has 2 aromatic rings. The fourth-order valence-electron chi connectivity index (χ4n) is 2.18. The summed E-state index contributed by atoms with van der Waals surface area (Å²) in [5, 5.41) is 2.57. The normalized spacial score (nSPS) is 11.0. The van der Waals surface area contributed by atoms with Crippen molar-refractivity contribution in [3.8, 4) is 5.75 Å². The number of hydrogen-bond donors (Lipinski definition) is 1. The van der Waals surface area contributed by atoms with Crippen LogP contribution in [0.2, 0.25) is 0 Å². The molecule has 0 unspecified atom stereocenters. The summed E-state index contributed by atoms with van der Waals surface area (Å²) in [4.78, 5) is 11.9. The zero-order chi connectivity index (χ0) is 18.4. The summed E-state index contributed by atoms with van der Waals surface area (Å²) in [6.07, 6.45) is 0. The molecule has 0 aromatic heterocycles. The Kier molecular flexibility index (Phi) is 5.97. The highest BCUT2D eigenvalue weighted by atomic mass is 32.2. The fourth-order valence-corrected chi connectivity index (χ4v) is 3.60. The van der Waals surface area contributed by atoms with Gasteiger partial charge in [0.2, 0.25) is 5.91 Å². The average Bonchev–Trinajstić information content (AvgIpc) is 2.60. The van der Waals surface area contributed by atoms with E-state index >= 15 is 0 Å². The summed E-state index contributed by atoms with van der Waals surface area (Å²) in [7, 11) is -2.54. The van der Waals surface area contributed by atoms with Gasteiger partial charge in [-0.25, -0.2) is 12.8 Å². The van der Waals surface area contributed by atoms with Gasteiger partial charge >= 0.3 is 0 Å². The van der Waals surface area contributed by atoms with Crippen molar-refractivity contribution in [1.82, 2.24) is 5.32 Å². The quantitative estimate of drug-likeness (QED) is 0.815. The van der Waals surface area contributed by atoms with Gasteiger partial charge in [0.15, 0.2) is 0 Å². The molecular formula is C17H19FN2O4S. The van der Waals surface area contributed by atoms with E-state index in [0.29, 0.717) is 18.0 Å². The number of amides is 1. The van der Waals surface area contributed by atoms with Crippen molar-refractivity contribution in [2.45, 2.75) is 11.8 Å². The monoisotopic (exact) mass is 366 g/mol. The van der Waals surface area contributed by atoms with E-state index in [9.17, 15) is 17.6 Å². The summed E-state index contributed by atoms with van der Waals surface area (Å²) in [6.45, 7) is 1.73. The van der Waals surface area contributed by atoms with E-state index < -0.39 is 21.7 Å². The highest BCUT2D eigenvalue weighted by Crippen LogP contribution is 2.25. The van der Waals surface area contributed by atoms with Gasteiger partial charge in [0.25, 0.3) is 10.0 Å². The third kappa shape index (κ3) is 4.48. The maximum atomic E-state index is 13.1. The second-order valence-electron chi connectivity index (χ2n) is 5.12. The molecular weight excluding hydrogens is 347 g/mol. The molecule has 8 heteroatoms. The minimum Gasteiger partial charge on any atom is -0.497 e. The largest absolute Gasteiger partial charge is 0.497 e. The van der Waals surface area contributed by atoms with Crippen molar-refractivity contribution in [2.75, 3.05) is 24.5 Å². The zero-order valence-electron chi connectivity index (χ0n) is 13.9. The molecule has 0 atom stereocenters. The fraction of sp³-hybridized carbons (Fsp3) is 0.235. The summed E-state index contributed by atoms with van der Waals surface area (Å²) in [6, 6.07) is 10.7. The SMILES string of the molecule is CCNC(=O)CN(c1ccc(OC)cc1)S(=O)(=O)c1ccc(F)cc1. The van der Waals surface area contributed by atoms with Crippen LogP contribution in [0.3, 0.4) is 0 Å². The Labute approximate surface area is 146 Å². The molecule has 0 aliphatic heterocycles. The smallest absolute Gasteiger partial charge is 0.264 e. The Hall–Kier alpha value is -2.61. The van der Waals surface area contributed by atoms with E-state index in [1.165, 1.54) is 19.2 Å². The highest BCUT2D eigenvalue weighted by molar-refractivity contribution is 7.92. The van der Waals surface area contributed by atoms with Gasteiger partial charge in [-0.3, -0.25) is 9.10 Å². The van der Waals surface area contributed by atoms with Crippen LogP contribution in [0.25, 0.3) is 0 Å². The molecule has 2 aromatic carbocycles. The van der Waals surface area contributed by atoms with Gasteiger partial charge in [-0.1, -0.05) is 0 Å². The summed E-state index contributed by atoms with van der Waals surface area (Å²) in [5.74, 6) is -0.427. The maximum absolute atomic E-state index is 13.1. The zero-order valence-corrected chi connectivity index (χ0v) is 14.7. The first-order chi connectivity index (χ1) is 11.9. The molecule has 0 aliphatic rings. The number of carbonyl (C=O) groups is 1. The summed E-state index contributed by atoms with van der Waals surface area (Å²) >= 11 is 0. The van der Waals surface area contributed by atoms with E-state index in [2.05, 4.69) is 5.32 Å². The number of sulfonamides is 1. The number of benzene rings is 2. The van der Waals surface area contributed by atoms with Crippen LogP contribution in [0.4, 0.5) is 10.1 Å². The van der Waals surface area contributed by atoms with Crippen LogP contribution in [0.5, 0.6) is 5.75 Å². The molecule has 0 bridgehead atoms. The number of methoxy groups -OCH3 is 1. The average molecular weight is 366 g/mol. The first-order valence-corrected chi connectivity index (χ1v) is 9.01. The second kappa shape index (κ2) is 7.98. The molecule has 0 fully saturated rings. The Balaban J connectivity index is 2.45. The Morgan fingerprint density at radius 3 is 2.24 bits per heavy atom. The van der Waals surface area contributed by atoms with Gasteiger partial charge in [0.05, 0.1) is 17.7 Å². The number of nitrogens with zero attached hydrogens (tertiary/aromatic N) is 1.